The Balaban J connectivity index is 6.06. The van der Waals surface area contributed by atoms with E-state index < -0.39 is 102 Å². The van der Waals surface area contributed by atoms with Gasteiger partial charge < -0.3 is 48.1 Å². The van der Waals surface area contributed by atoms with Crippen LogP contribution < -0.4 is 43.0 Å². The van der Waals surface area contributed by atoms with E-state index in [2.05, 4.69) is 44.5 Å². The van der Waals surface area contributed by atoms with E-state index in [-0.39, 0.29) is 36.7 Å². The van der Waals surface area contributed by atoms with Gasteiger partial charge in [0.15, 0.2) is 0 Å². The van der Waals surface area contributed by atoms with Gasteiger partial charge in [0.05, 0.1) is 6.54 Å². The third kappa shape index (κ3) is 17.2. The van der Waals surface area contributed by atoms with Crippen LogP contribution in [0.3, 0.4) is 0 Å². The summed E-state index contributed by atoms with van der Waals surface area (Å²) in [5.41, 5.74) is 5.13. The summed E-state index contributed by atoms with van der Waals surface area (Å²) in [4.78, 5) is 114. The molecule has 0 aromatic heterocycles. The second-order valence-corrected chi connectivity index (χ2v) is 13.7. The number of hydrogen-bond donors (Lipinski definition) is 10. The molecule has 0 aliphatic carbocycles. The zero-order valence-corrected chi connectivity index (χ0v) is 32.2. The van der Waals surface area contributed by atoms with Gasteiger partial charge in [0.25, 0.3) is 0 Å². The second-order valence-electron chi connectivity index (χ2n) is 13.3. The van der Waals surface area contributed by atoms with Crippen molar-refractivity contribution in [3.8, 4) is 0 Å². The number of nitrogens with one attached hydrogen (secondary N) is 7. The van der Waals surface area contributed by atoms with Crippen LogP contribution in [0.1, 0.15) is 87.5 Å². The van der Waals surface area contributed by atoms with Crippen LogP contribution in [0.15, 0.2) is 0 Å². The number of ketones is 1. The van der Waals surface area contributed by atoms with E-state index in [1.807, 2.05) is 12.2 Å². The van der Waals surface area contributed by atoms with Crippen LogP contribution >= 0.6 is 12.6 Å². The summed E-state index contributed by atoms with van der Waals surface area (Å²) in [5, 5.41) is 26.3. The van der Waals surface area contributed by atoms with Crippen LogP contribution in [0.2, 0.25) is 0 Å². The predicted molar refractivity (Wildman–Crippen MR) is 195 cm³/mol. The zero-order chi connectivity index (χ0) is 40.3. The Kier molecular flexibility index (Phi) is 21.9. The van der Waals surface area contributed by atoms with Crippen molar-refractivity contribution in [2.45, 2.75) is 124 Å². The van der Waals surface area contributed by atoms with Crippen LogP contribution in [0.4, 0.5) is 4.79 Å². The second kappa shape index (κ2) is 23.9. The van der Waals surface area contributed by atoms with E-state index in [9.17, 15) is 43.2 Å². The summed E-state index contributed by atoms with van der Waals surface area (Å²) in [6.45, 7) is 12.8. The lowest BCUT2D eigenvalue weighted by molar-refractivity contribution is -0.136. The van der Waals surface area contributed by atoms with E-state index in [1.165, 1.54) is 6.92 Å². The Bertz CT molecular complexity index is 1280. The molecular formula is C33H58N8O10S. The number of thiol groups is 1. The van der Waals surface area contributed by atoms with Crippen molar-refractivity contribution in [3.63, 3.8) is 0 Å². The highest BCUT2D eigenvalue weighted by Gasteiger charge is 2.35. The quantitative estimate of drug-likeness (QED) is 0.0542. The molecule has 0 spiro atoms. The van der Waals surface area contributed by atoms with E-state index in [0.717, 1.165) is 0 Å². The fourth-order valence-corrected chi connectivity index (χ4v) is 4.98. The molecular weight excluding hydrogens is 700 g/mol. The van der Waals surface area contributed by atoms with Gasteiger partial charge in [-0.1, -0.05) is 61.3 Å². The molecule has 52 heavy (non-hydrogen) atoms. The number of amides is 8. The van der Waals surface area contributed by atoms with Crippen LogP contribution in [0.25, 0.3) is 0 Å². The van der Waals surface area contributed by atoms with Crippen molar-refractivity contribution < 1.29 is 48.3 Å². The first-order valence-electron chi connectivity index (χ1n) is 17.4. The van der Waals surface area contributed by atoms with Crippen molar-refractivity contribution in [1.29, 1.82) is 0 Å². The first-order chi connectivity index (χ1) is 24.2. The van der Waals surface area contributed by atoms with Crippen molar-refractivity contribution in [3.05, 3.63) is 0 Å². The van der Waals surface area contributed by atoms with Crippen molar-refractivity contribution in [1.82, 2.24) is 37.2 Å². The molecule has 0 aromatic carbocycles. The molecule has 0 fully saturated rings. The lowest BCUT2D eigenvalue weighted by Crippen LogP contribution is -2.61. The fraction of sp³-hybridized carbons (Fsp3) is 0.727. The maximum Gasteiger partial charge on any atom is 0.405 e. The summed E-state index contributed by atoms with van der Waals surface area (Å²) in [6.07, 6.45) is -0.646. The highest BCUT2D eigenvalue weighted by molar-refractivity contribution is 7.81. The first-order valence-corrected chi connectivity index (χ1v) is 18.0. The highest BCUT2D eigenvalue weighted by atomic mass is 32.1. The van der Waals surface area contributed by atoms with E-state index in [1.54, 1.807) is 41.5 Å². The maximum atomic E-state index is 13.6. The van der Waals surface area contributed by atoms with Gasteiger partial charge >= 0.3 is 6.09 Å². The molecule has 0 aliphatic rings. The van der Waals surface area contributed by atoms with Gasteiger partial charge in [-0.25, -0.2) is 4.79 Å². The molecule has 19 heteroatoms. The third-order valence-electron chi connectivity index (χ3n) is 8.19. The molecule has 0 unspecified atom stereocenters. The topological polar surface area (TPSA) is 284 Å². The number of primary amides is 1. The highest BCUT2D eigenvalue weighted by Crippen LogP contribution is 2.12. The van der Waals surface area contributed by atoms with Gasteiger partial charge in [-0.05, 0) is 37.5 Å². The molecule has 7 atom stereocenters. The molecule has 18 nitrogen and oxygen atoms in total. The minimum Gasteiger partial charge on any atom is -0.465 e. The van der Waals surface area contributed by atoms with E-state index in [0.29, 0.717) is 12.8 Å². The molecule has 8 amide bonds. The minimum atomic E-state index is -1.46. The predicted octanol–water partition coefficient (Wildman–Crippen LogP) is -0.895. The van der Waals surface area contributed by atoms with Gasteiger partial charge in [-0.2, -0.15) is 12.6 Å². The first kappa shape index (κ1) is 47.6. The standard InChI is InChI=1S/C33H58N8O10S/c1-9-11-21(28(45)40-25(17(5)6)32(49)41-26(18(7)10-2)30(47)35-14-23(34)43)38-31(48)24(16(3)4)39-29(46)22(13-12-20(42)15-52)37-27(44)19(8)36-33(50)51/h16-19,21-22,24-26,36,52H,9-15H2,1-8H3,(H2,34,43)(H,35,47)(H,37,44)(H,38,48)(H,39,46)(H,40,45)(H,41,49)(H,50,51)/t18-,19-,21-,22-,24-,25-,26-/m0/s1. The number of Topliss-reactive ketones (excluding diaryl/α,β-unsaturated/α-hetero) is 1. The van der Waals surface area contributed by atoms with Gasteiger partial charge in [0, 0.05) is 12.2 Å². The fourth-order valence-electron chi connectivity index (χ4n) is 4.83. The lowest BCUT2D eigenvalue weighted by Gasteiger charge is -2.30. The van der Waals surface area contributed by atoms with Crippen molar-refractivity contribution >= 4 is 65.9 Å². The molecule has 0 radical (unpaired) electrons. The number of hydrogen-bond acceptors (Lipinski definition) is 10. The molecule has 0 saturated heterocycles. The van der Waals surface area contributed by atoms with Crippen LogP contribution in [-0.4, -0.2) is 107 Å². The molecule has 0 saturated carbocycles. The van der Waals surface area contributed by atoms with Crippen LogP contribution in [0.5, 0.6) is 0 Å². The number of carbonyl (C=O) groups excluding carboxylic acids is 8. The Morgan fingerprint density at radius 1 is 0.615 bits per heavy atom. The Morgan fingerprint density at radius 2 is 1.08 bits per heavy atom. The number of nitrogens with two attached hydrogens (primary N) is 1. The van der Waals surface area contributed by atoms with Crippen LogP contribution in [0, 0.1) is 17.8 Å². The molecule has 0 aliphatic heterocycles. The number of carboxylic acid groups (broad SMARTS) is 1. The summed E-state index contributed by atoms with van der Waals surface area (Å²) in [6, 6.07) is -7.06. The third-order valence-corrected chi connectivity index (χ3v) is 8.54. The smallest absolute Gasteiger partial charge is 0.405 e. The summed E-state index contributed by atoms with van der Waals surface area (Å²) in [7, 11) is 0. The minimum absolute atomic E-state index is 0.110. The summed E-state index contributed by atoms with van der Waals surface area (Å²) in [5.74, 6) is -6.84. The average Bonchev–Trinajstić information content (AvgIpc) is 3.06. The van der Waals surface area contributed by atoms with Gasteiger partial charge in [-0.15, -0.1) is 0 Å². The molecule has 296 valence electrons. The van der Waals surface area contributed by atoms with E-state index >= 15 is 0 Å². The SMILES string of the molecule is CCC[C@H](NC(=O)[C@@H](NC(=O)[C@H](CCC(=O)CS)NC(=O)[C@H](C)NC(=O)O)C(C)C)C(=O)N[C@H](C(=O)N[C@H](C(=O)NCC(N)=O)[C@@H](C)CC)C(C)C. The van der Waals surface area contributed by atoms with Crippen molar-refractivity contribution in [2.24, 2.45) is 23.5 Å². The Labute approximate surface area is 310 Å². The molecule has 0 bridgehead atoms. The summed E-state index contributed by atoms with van der Waals surface area (Å²) >= 11 is 3.92. The monoisotopic (exact) mass is 758 g/mol. The zero-order valence-electron chi connectivity index (χ0n) is 31.3. The number of carbonyl (C=O) groups is 9. The molecule has 10 N–H and O–H groups in total. The number of rotatable bonds is 24. The van der Waals surface area contributed by atoms with Crippen LogP contribution in [-0.2, 0) is 38.4 Å². The molecule has 0 heterocycles. The molecule has 0 rings (SSSR count). The summed E-state index contributed by atoms with van der Waals surface area (Å²) < 4.78 is 0. The largest absolute Gasteiger partial charge is 0.465 e. The maximum absolute atomic E-state index is 13.6. The van der Waals surface area contributed by atoms with E-state index in [4.69, 9.17) is 10.8 Å². The normalized spacial score (nSPS) is 15.1. The van der Waals surface area contributed by atoms with Crippen molar-refractivity contribution in [2.75, 3.05) is 12.3 Å². The Morgan fingerprint density at radius 3 is 1.50 bits per heavy atom. The average molecular weight is 759 g/mol. The molecule has 0 aromatic rings. The van der Waals surface area contributed by atoms with Gasteiger partial charge in [-0.3, -0.25) is 38.4 Å². The van der Waals surface area contributed by atoms with Gasteiger partial charge in [0.1, 0.15) is 42.0 Å². The lowest BCUT2D eigenvalue weighted by atomic mass is 9.96. The Hall–Kier alpha value is -4.42. The van der Waals surface area contributed by atoms with Gasteiger partial charge in [0.2, 0.25) is 41.4 Å².